The van der Waals surface area contributed by atoms with Crippen LogP contribution in [-0.4, -0.2) is 16.5 Å². The van der Waals surface area contributed by atoms with Gasteiger partial charge in [0, 0.05) is 34.9 Å². The van der Waals surface area contributed by atoms with E-state index < -0.39 is 0 Å². The number of aryl methyl sites for hydroxylation is 2. The van der Waals surface area contributed by atoms with E-state index in [9.17, 15) is 0 Å². The van der Waals surface area contributed by atoms with Crippen LogP contribution in [0.5, 0.6) is 0 Å². The predicted octanol–water partition coefficient (Wildman–Crippen LogP) is 3.44. The van der Waals surface area contributed by atoms with Crippen LogP contribution in [0.1, 0.15) is 41.2 Å². The predicted molar refractivity (Wildman–Crippen MR) is 80.6 cm³/mol. The van der Waals surface area contributed by atoms with Crippen LogP contribution in [0.15, 0.2) is 23.8 Å². The number of hydrogen-bond acceptors (Lipinski definition) is 4. The highest BCUT2D eigenvalue weighted by molar-refractivity contribution is 7.09. The first kappa shape index (κ1) is 14.2. The summed E-state index contributed by atoms with van der Waals surface area (Å²) in [5.41, 5.74) is 5.40. The minimum atomic E-state index is 0.348. The van der Waals surface area contributed by atoms with Crippen LogP contribution in [0.4, 0.5) is 0 Å². The first-order valence-corrected chi connectivity index (χ1v) is 7.63. The molecule has 1 atom stereocenters. The molecule has 0 aromatic carbocycles. The molecular weight excluding hydrogens is 254 g/mol. The zero-order valence-electron chi connectivity index (χ0n) is 11.8. The van der Waals surface area contributed by atoms with Crippen LogP contribution in [0, 0.1) is 13.8 Å². The van der Waals surface area contributed by atoms with E-state index >= 15 is 0 Å². The minimum absolute atomic E-state index is 0.348. The fraction of sp³-hybridized carbons (Fsp3) is 0.467. The molecule has 0 bridgehead atoms. The number of pyridine rings is 1. The van der Waals surface area contributed by atoms with Gasteiger partial charge in [0.05, 0.1) is 5.51 Å². The molecule has 0 aliphatic heterocycles. The van der Waals surface area contributed by atoms with Crippen LogP contribution in [0.25, 0.3) is 0 Å². The van der Waals surface area contributed by atoms with Crippen LogP contribution in [-0.2, 0) is 6.42 Å². The van der Waals surface area contributed by atoms with Crippen molar-refractivity contribution in [1.82, 2.24) is 15.3 Å². The normalized spacial score (nSPS) is 12.6. The van der Waals surface area contributed by atoms with Gasteiger partial charge in [-0.2, -0.15) is 0 Å². The molecule has 102 valence electrons. The lowest BCUT2D eigenvalue weighted by atomic mass is 10.0. The topological polar surface area (TPSA) is 37.8 Å². The van der Waals surface area contributed by atoms with Gasteiger partial charge in [0.1, 0.15) is 0 Å². The van der Waals surface area contributed by atoms with Gasteiger partial charge in [-0.1, -0.05) is 6.92 Å². The second kappa shape index (κ2) is 6.78. The Kier molecular flexibility index (Phi) is 5.05. The van der Waals surface area contributed by atoms with Crippen molar-refractivity contribution in [3.63, 3.8) is 0 Å². The monoisotopic (exact) mass is 275 g/mol. The summed E-state index contributed by atoms with van der Waals surface area (Å²) in [6.07, 6.45) is 4.10. The standard InChI is InChI=1S/C15H21N3S/c1-4-5-17-15(8-14-9-16-10-19-14)13-6-11(2)18-12(3)7-13/h6-7,9-10,15,17H,4-5,8H2,1-3H3. The van der Waals surface area contributed by atoms with Crippen molar-refractivity contribution in [3.05, 3.63) is 45.7 Å². The maximum absolute atomic E-state index is 4.46. The Bertz CT molecular complexity index is 488. The molecule has 2 rings (SSSR count). The van der Waals surface area contributed by atoms with Crippen LogP contribution in [0.2, 0.25) is 0 Å². The lowest BCUT2D eigenvalue weighted by Crippen LogP contribution is -2.24. The van der Waals surface area contributed by atoms with Crippen molar-refractivity contribution in [2.45, 2.75) is 39.7 Å². The van der Waals surface area contributed by atoms with E-state index in [2.05, 4.69) is 48.2 Å². The molecule has 2 aromatic heterocycles. The van der Waals surface area contributed by atoms with Gasteiger partial charge in [-0.25, -0.2) is 0 Å². The summed E-state index contributed by atoms with van der Waals surface area (Å²) in [6, 6.07) is 4.71. The fourth-order valence-corrected chi connectivity index (χ4v) is 2.88. The lowest BCUT2D eigenvalue weighted by molar-refractivity contribution is 0.531. The Morgan fingerprint density at radius 2 is 2.00 bits per heavy atom. The maximum Gasteiger partial charge on any atom is 0.0794 e. The van der Waals surface area contributed by atoms with Gasteiger partial charge >= 0.3 is 0 Å². The molecule has 0 saturated carbocycles. The second-order valence-corrected chi connectivity index (χ2v) is 5.83. The summed E-state index contributed by atoms with van der Waals surface area (Å²) in [6.45, 7) is 7.34. The Labute approximate surface area is 119 Å². The van der Waals surface area contributed by atoms with Gasteiger partial charge in [-0.05, 0) is 44.5 Å². The molecule has 0 aliphatic rings. The molecule has 0 amide bonds. The van der Waals surface area contributed by atoms with E-state index in [-0.39, 0.29) is 0 Å². The third kappa shape index (κ3) is 4.11. The van der Waals surface area contributed by atoms with Crippen molar-refractivity contribution >= 4 is 11.3 Å². The number of nitrogens with one attached hydrogen (secondary N) is 1. The van der Waals surface area contributed by atoms with Crippen molar-refractivity contribution < 1.29 is 0 Å². The highest BCUT2D eigenvalue weighted by Crippen LogP contribution is 2.21. The number of aromatic nitrogens is 2. The van der Waals surface area contributed by atoms with E-state index in [0.29, 0.717) is 6.04 Å². The Balaban J connectivity index is 2.20. The van der Waals surface area contributed by atoms with Crippen LogP contribution in [0.3, 0.4) is 0 Å². The molecule has 1 unspecified atom stereocenters. The van der Waals surface area contributed by atoms with Gasteiger partial charge in [-0.3, -0.25) is 9.97 Å². The maximum atomic E-state index is 4.46. The van der Waals surface area contributed by atoms with E-state index in [1.165, 1.54) is 10.4 Å². The van der Waals surface area contributed by atoms with Gasteiger partial charge in [0.2, 0.25) is 0 Å². The largest absolute Gasteiger partial charge is 0.310 e. The number of thiazole rings is 1. The van der Waals surface area contributed by atoms with Crippen molar-refractivity contribution in [2.24, 2.45) is 0 Å². The van der Waals surface area contributed by atoms with Crippen molar-refractivity contribution in [2.75, 3.05) is 6.54 Å². The summed E-state index contributed by atoms with van der Waals surface area (Å²) >= 11 is 1.72. The van der Waals surface area contributed by atoms with E-state index in [1.54, 1.807) is 11.3 Å². The molecule has 19 heavy (non-hydrogen) atoms. The highest BCUT2D eigenvalue weighted by Gasteiger charge is 2.13. The SMILES string of the molecule is CCCNC(Cc1cncs1)c1cc(C)nc(C)c1. The quantitative estimate of drug-likeness (QED) is 0.877. The zero-order chi connectivity index (χ0) is 13.7. The summed E-state index contributed by atoms with van der Waals surface area (Å²) in [5.74, 6) is 0. The van der Waals surface area contributed by atoms with Gasteiger partial charge in [-0.15, -0.1) is 11.3 Å². The lowest BCUT2D eigenvalue weighted by Gasteiger charge is -2.19. The molecule has 3 nitrogen and oxygen atoms in total. The third-order valence-electron chi connectivity index (χ3n) is 3.04. The van der Waals surface area contributed by atoms with Crippen molar-refractivity contribution in [3.8, 4) is 0 Å². The molecule has 0 radical (unpaired) electrons. The third-order valence-corrected chi connectivity index (χ3v) is 3.84. The number of nitrogens with zero attached hydrogens (tertiary/aromatic N) is 2. The van der Waals surface area contributed by atoms with Gasteiger partial charge < -0.3 is 5.32 Å². The Hall–Kier alpha value is -1.26. The number of hydrogen-bond donors (Lipinski definition) is 1. The Morgan fingerprint density at radius 1 is 1.26 bits per heavy atom. The van der Waals surface area contributed by atoms with Crippen LogP contribution >= 0.6 is 11.3 Å². The van der Waals surface area contributed by atoms with Gasteiger partial charge in [0.25, 0.3) is 0 Å². The zero-order valence-corrected chi connectivity index (χ0v) is 12.6. The first-order valence-electron chi connectivity index (χ1n) is 6.75. The van der Waals surface area contributed by atoms with Crippen LogP contribution < -0.4 is 5.32 Å². The summed E-state index contributed by atoms with van der Waals surface area (Å²) in [5, 5.41) is 3.63. The highest BCUT2D eigenvalue weighted by atomic mass is 32.1. The Morgan fingerprint density at radius 3 is 2.58 bits per heavy atom. The summed E-state index contributed by atoms with van der Waals surface area (Å²) in [4.78, 5) is 9.94. The second-order valence-electron chi connectivity index (χ2n) is 4.86. The smallest absolute Gasteiger partial charge is 0.0794 e. The molecule has 2 heterocycles. The van der Waals surface area contributed by atoms with Crippen molar-refractivity contribution in [1.29, 1.82) is 0 Å². The minimum Gasteiger partial charge on any atom is -0.310 e. The van der Waals surface area contributed by atoms with Gasteiger partial charge in [0.15, 0.2) is 0 Å². The molecule has 0 fully saturated rings. The average Bonchev–Trinajstić information content (AvgIpc) is 2.86. The number of rotatable bonds is 6. The fourth-order valence-electron chi connectivity index (χ4n) is 2.24. The molecular formula is C15H21N3S. The first-order chi connectivity index (χ1) is 9.19. The van der Waals surface area contributed by atoms with E-state index in [1.807, 2.05) is 11.7 Å². The average molecular weight is 275 g/mol. The summed E-state index contributed by atoms with van der Waals surface area (Å²) in [7, 11) is 0. The molecule has 4 heteroatoms. The molecule has 0 saturated heterocycles. The van der Waals surface area contributed by atoms with E-state index in [0.717, 1.165) is 30.8 Å². The van der Waals surface area contributed by atoms with E-state index in [4.69, 9.17) is 0 Å². The molecule has 0 aliphatic carbocycles. The summed E-state index contributed by atoms with van der Waals surface area (Å²) < 4.78 is 0. The molecule has 0 spiro atoms. The molecule has 1 N–H and O–H groups in total. The molecule has 2 aromatic rings.